The number of halogens is 1. The molecule has 1 saturated heterocycles. The molecule has 140 valence electrons. The first-order valence-corrected chi connectivity index (χ1v) is 9.63. The van der Waals surface area contributed by atoms with E-state index in [0.29, 0.717) is 6.61 Å². The second-order valence-corrected chi connectivity index (χ2v) is 8.42. The van der Waals surface area contributed by atoms with Crippen LogP contribution >= 0.6 is 15.9 Å². The summed E-state index contributed by atoms with van der Waals surface area (Å²) in [6.45, 7) is 11.0. The van der Waals surface area contributed by atoms with Gasteiger partial charge in [-0.15, -0.1) is 0 Å². The van der Waals surface area contributed by atoms with Crippen LogP contribution in [0.1, 0.15) is 39.2 Å². The Morgan fingerprint density at radius 1 is 1.40 bits per heavy atom. The molecule has 0 aliphatic carbocycles. The minimum atomic E-state index is -0.465. The number of carbonyl (C=O) groups is 1. The van der Waals surface area contributed by atoms with Gasteiger partial charge in [-0.25, -0.2) is 4.79 Å². The Morgan fingerprint density at radius 2 is 2.16 bits per heavy atom. The fourth-order valence-corrected chi connectivity index (χ4v) is 3.22. The molecule has 1 N–H and O–H groups in total. The van der Waals surface area contributed by atoms with Gasteiger partial charge in [0.1, 0.15) is 18.0 Å². The number of amides is 1. The number of ether oxygens (including phenoxy) is 2. The molecule has 2 rings (SSSR count). The van der Waals surface area contributed by atoms with Gasteiger partial charge in [0.2, 0.25) is 0 Å². The topological polar surface area (TPSA) is 50.8 Å². The standard InChI is InChI=1S/C19H29BrN2O3/c1-14-7-8-16(20)17(12-14)24-11-10-22-9-5-6-15(13-22)21-18(23)25-19(2,3)4/h7-8,12,15H,5-6,9-11,13H2,1-4H3,(H,21,23)/t15-/m1/s1. The van der Waals surface area contributed by atoms with Crippen LogP contribution in [-0.4, -0.2) is 48.9 Å². The number of hydrogen-bond acceptors (Lipinski definition) is 4. The first kappa shape index (κ1) is 20.0. The van der Waals surface area contributed by atoms with Crippen molar-refractivity contribution in [2.45, 2.75) is 52.2 Å². The highest BCUT2D eigenvalue weighted by Gasteiger charge is 2.24. The molecule has 0 radical (unpaired) electrons. The van der Waals surface area contributed by atoms with E-state index in [4.69, 9.17) is 9.47 Å². The van der Waals surface area contributed by atoms with E-state index in [1.165, 1.54) is 5.56 Å². The Bertz CT molecular complexity index is 587. The van der Waals surface area contributed by atoms with Crippen LogP contribution in [0.5, 0.6) is 5.75 Å². The van der Waals surface area contributed by atoms with Crippen LogP contribution in [0.2, 0.25) is 0 Å². The van der Waals surface area contributed by atoms with Gasteiger partial charge >= 0.3 is 6.09 Å². The van der Waals surface area contributed by atoms with Crippen molar-refractivity contribution in [3.63, 3.8) is 0 Å². The molecule has 1 heterocycles. The van der Waals surface area contributed by atoms with Crippen LogP contribution in [0, 0.1) is 6.92 Å². The maximum absolute atomic E-state index is 11.9. The molecule has 0 aromatic heterocycles. The Hall–Kier alpha value is -1.27. The van der Waals surface area contributed by atoms with E-state index in [9.17, 15) is 4.79 Å². The van der Waals surface area contributed by atoms with Crippen molar-refractivity contribution in [1.82, 2.24) is 10.2 Å². The Balaban J connectivity index is 1.75. The third-order valence-corrected chi connectivity index (χ3v) is 4.63. The van der Waals surface area contributed by atoms with Crippen LogP contribution < -0.4 is 10.1 Å². The molecule has 0 saturated carbocycles. The predicted molar refractivity (Wildman–Crippen MR) is 103 cm³/mol. The Morgan fingerprint density at radius 3 is 2.88 bits per heavy atom. The number of benzene rings is 1. The maximum Gasteiger partial charge on any atom is 0.407 e. The molecule has 25 heavy (non-hydrogen) atoms. The van der Waals surface area contributed by atoms with Crippen molar-refractivity contribution < 1.29 is 14.3 Å². The number of rotatable bonds is 5. The molecule has 1 aliphatic heterocycles. The summed E-state index contributed by atoms with van der Waals surface area (Å²) < 4.78 is 12.2. The van der Waals surface area contributed by atoms with Crippen molar-refractivity contribution in [3.8, 4) is 5.75 Å². The number of aryl methyl sites for hydroxylation is 1. The van der Waals surface area contributed by atoms with Crippen LogP contribution in [-0.2, 0) is 4.74 Å². The molecule has 1 aromatic carbocycles. The molecule has 0 spiro atoms. The first-order chi connectivity index (χ1) is 11.7. The summed E-state index contributed by atoms with van der Waals surface area (Å²) >= 11 is 3.52. The van der Waals surface area contributed by atoms with E-state index in [1.807, 2.05) is 32.9 Å². The number of hydrogen-bond donors (Lipinski definition) is 1. The van der Waals surface area contributed by atoms with Crippen molar-refractivity contribution >= 4 is 22.0 Å². The van der Waals surface area contributed by atoms with Gasteiger partial charge in [0, 0.05) is 19.1 Å². The van der Waals surface area contributed by atoms with Crippen molar-refractivity contribution in [2.24, 2.45) is 0 Å². The maximum atomic E-state index is 11.9. The highest BCUT2D eigenvalue weighted by atomic mass is 79.9. The number of piperidine rings is 1. The van der Waals surface area contributed by atoms with Gasteiger partial charge in [0.15, 0.2) is 0 Å². The smallest absolute Gasteiger partial charge is 0.407 e. The zero-order chi connectivity index (χ0) is 18.4. The van der Waals surface area contributed by atoms with Crippen molar-refractivity contribution in [1.29, 1.82) is 0 Å². The molecule has 1 aliphatic rings. The molecule has 1 aromatic rings. The summed E-state index contributed by atoms with van der Waals surface area (Å²) in [6, 6.07) is 6.22. The fraction of sp³-hybridized carbons (Fsp3) is 0.632. The summed E-state index contributed by atoms with van der Waals surface area (Å²) in [4.78, 5) is 14.2. The lowest BCUT2D eigenvalue weighted by atomic mass is 10.1. The van der Waals surface area contributed by atoms with Crippen molar-refractivity contribution in [3.05, 3.63) is 28.2 Å². The third-order valence-electron chi connectivity index (χ3n) is 3.98. The van der Waals surface area contributed by atoms with Gasteiger partial charge < -0.3 is 14.8 Å². The molecule has 1 fully saturated rings. The van der Waals surface area contributed by atoms with Gasteiger partial charge in [-0.3, -0.25) is 4.90 Å². The van der Waals surface area contributed by atoms with E-state index in [2.05, 4.69) is 39.1 Å². The Kier molecular flexibility index (Phi) is 7.14. The molecule has 5 nitrogen and oxygen atoms in total. The number of likely N-dealkylation sites (tertiary alicyclic amines) is 1. The van der Waals surface area contributed by atoms with Gasteiger partial charge in [-0.2, -0.15) is 0 Å². The van der Waals surface area contributed by atoms with Gasteiger partial charge in [-0.1, -0.05) is 6.07 Å². The molecule has 1 amide bonds. The van der Waals surface area contributed by atoms with E-state index >= 15 is 0 Å². The van der Waals surface area contributed by atoms with Crippen LogP contribution in [0.4, 0.5) is 4.79 Å². The lowest BCUT2D eigenvalue weighted by Crippen LogP contribution is -2.49. The Labute approximate surface area is 159 Å². The van der Waals surface area contributed by atoms with Crippen LogP contribution in [0.3, 0.4) is 0 Å². The quantitative estimate of drug-likeness (QED) is 0.789. The van der Waals surface area contributed by atoms with Crippen molar-refractivity contribution in [2.75, 3.05) is 26.2 Å². The fourth-order valence-electron chi connectivity index (χ4n) is 2.86. The number of carbonyl (C=O) groups excluding carboxylic acids is 1. The molecule has 0 unspecified atom stereocenters. The number of alkyl carbamates (subject to hydrolysis) is 1. The third kappa shape index (κ3) is 7.24. The lowest BCUT2D eigenvalue weighted by molar-refractivity contribution is 0.0469. The SMILES string of the molecule is Cc1ccc(Br)c(OCCN2CCC[C@@H](NC(=O)OC(C)(C)C)C2)c1. The second kappa shape index (κ2) is 8.90. The minimum Gasteiger partial charge on any atom is -0.491 e. The summed E-state index contributed by atoms with van der Waals surface area (Å²) in [5, 5.41) is 2.98. The largest absolute Gasteiger partial charge is 0.491 e. The second-order valence-electron chi connectivity index (χ2n) is 7.57. The summed E-state index contributed by atoms with van der Waals surface area (Å²) in [6.07, 6.45) is 1.72. The average Bonchev–Trinajstić information content (AvgIpc) is 2.49. The predicted octanol–water partition coefficient (Wildman–Crippen LogP) is 4.13. The highest BCUT2D eigenvalue weighted by Crippen LogP contribution is 2.25. The summed E-state index contributed by atoms with van der Waals surface area (Å²) in [5.41, 5.74) is 0.714. The zero-order valence-electron chi connectivity index (χ0n) is 15.6. The highest BCUT2D eigenvalue weighted by molar-refractivity contribution is 9.10. The summed E-state index contributed by atoms with van der Waals surface area (Å²) in [7, 11) is 0. The van der Waals surface area contributed by atoms with E-state index in [1.54, 1.807) is 0 Å². The van der Waals surface area contributed by atoms with E-state index in [0.717, 1.165) is 42.7 Å². The van der Waals surface area contributed by atoms with Crippen LogP contribution in [0.15, 0.2) is 22.7 Å². The molecule has 0 bridgehead atoms. The zero-order valence-corrected chi connectivity index (χ0v) is 17.2. The number of nitrogens with one attached hydrogen (secondary N) is 1. The van der Waals surface area contributed by atoms with E-state index < -0.39 is 5.60 Å². The molecular formula is C19H29BrN2O3. The normalized spacial score (nSPS) is 18.7. The van der Waals surface area contributed by atoms with Gasteiger partial charge in [-0.05, 0) is 80.7 Å². The lowest BCUT2D eigenvalue weighted by Gasteiger charge is -2.33. The molecule has 1 atom stereocenters. The van der Waals surface area contributed by atoms with Gasteiger partial charge in [0.05, 0.1) is 4.47 Å². The van der Waals surface area contributed by atoms with Gasteiger partial charge in [0.25, 0.3) is 0 Å². The average molecular weight is 413 g/mol. The van der Waals surface area contributed by atoms with Crippen LogP contribution in [0.25, 0.3) is 0 Å². The molecular weight excluding hydrogens is 384 g/mol. The summed E-state index contributed by atoms with van der Waals surface area (Å²) in [5.74, 6) is 0.875. The first-order valence-electron chi connectivity index (χ1n) is 8.84. The minimum absolute atomic E-state index is 0.134. The number of nitrogens with zero attached hydrogens (tertiary/aromatic N) is 1. The molecule has 6 heteroatoms. The monoisotopic (exact) mass is 412 g/mol. The van der Waals surface area contributed by atoms with E-state index in [-0.39, 0.29) is 12.1 Å².